The van der Waals surface area contributed by atoms with Crippen LogP contribution in [0.1, 0.15) is 27.7 Å². The van der Waals surface area contributed by atoms with Crippen molar-refractivity contribution in [2.75, 3.05) is 12.4 Å². The van der Waals surface area contributed by atoms with Crippen molar-refractivity contribution in [3.8, 4) is 0 Å². The van der Waals surface area contributed by atoms with Gasteiger partial charge >= 0.3 is 0 Å². The minimum Gasteiger partial charge on any atom is -0.386 e. The van der Waals surface area contributed by atoms with Crippen LogP contribution < -0.4 is 5.32 Å². The maximum Gasteiger partial charge on any atom is 0.164 e. The van der Waals surface area contributed by atoms with Gasteiger partial charge in [-0.05, 0) is 6.07 Å². The SMILES string of the molecule is CC.CC.CNc1ccncc1F. The molecular weight excluding hydrogens is 167 g/mol. The molecule has 1 N–H and O–H groups in total. The molecule has 3 heteroatoms. The summed E-state index contributed by atoms with van der Waals surface area (Å²) in [4.78, 5) is 3.58. The number of halogens is 1. The molecule has 0 bridgehead atoms. The fourth-order valence-corrected chi connectivity index (χ4v) is 0.578. The minimum atomic E-state index is -0.319. The summed E-state index contributed by atoms with van der Waals surface area (Å²) in [6, 6.07) is 1.58. The zero-order valence-corrected chi connectivity index (χ0v) is 9.06. The van der Waals surface area contributed by atoms with Crippen molar-refractivity contribution in [1.29, 1.82) is 0 Å². The van der Waals surface area contributed by atoms with E-state index in [2.05, 4.69) is 10.3 Å². The van der Waals surface area contributed by atoms with Crippen molar-refractivity contribution >= 4 is 5.69 Å². The van der Waals surface area contributed by atoms with Crippen molar-refractivity contribution in [1.82, 2.24) is 4.98 Å². The van der Waals surface area contributed by atoms with Crippen LogP contribution in [0, 0.1) is 5.82 Å². The summed E-state index contributed by atoms with van der Waals surface area (Å²) >= 11 is 0. The van der Waals surface area contributed by atoms with Crippen LogP contribution in [0.25, 0.3) is 0 Å². The second kappa shape index (κ2) is 10.9. The first kappa shape index (κ1) is 14.4. The summed E-state index contributed by atoms with van der Waals surface area (Å²) in [5.41, 5.74) is 0.477. The Labute approximate surface area is 80.2 Å². The molecule has 0 aliphatic heterocycles. The van der Waals surface area contributed by atoms with Gasteiger partial charge in [0.1, 0.15) is 0 Å². The van der Waals surface area contributed by atoms with Gasteiger partial charge in [-0.15, -0.1) is 0 Å². The Morgan fingerprint density at radius 3 is 2.08 bits per heavy atom. The molecule has 0 fully saturated rings. The lowest BCUT2D eigenvalue weighted by Gasteiger charge is -1.97. The first-order valence-electron chi connectivity index (χ1n) is 4.62. The van der Waals surface area contributed by atoms with Gasteiger partial charge in [0, 0.05) is 13.2 Å². The molecule has 1 heterocycles. The smallest absolute Gasteiger partial charge is 0.164 e. The molecule has 76 valence electrons. The Hall–Kier alpha value is -1.12. The highest BCUT2D eigenvalue weighted by atomic mass is 19.1. The van der Waals surface area contributed by atoms with Crippen LogP contribution in [-0.2, 0) is 0 Å². The molecule has 0 unspecified atom stereocenters. The van der Waals surface area contributed by atoms with Gasteiger partial charge in [-0.25, -0.2) is 4.39 Å². The van der Waals surface area contributed by atoms with Gasteiger partial charge in [-0.1, -0.05) is 27.7 Å². The lowest BCUT2D eigenvalue weighted by atomic mass is 10.4. The maximum absolute atomic E-state index is 12.5. The fourth-order valence-electron chi connectivity index (χ4n) is 0.578. The average Bonchev–Trinajstić information content (AvgIpc) is 2.24. The second-order valence-electron chi connectivity index (χ2n) is 1.61. The Bertz CT molecular complexity index is 202. The van der Waals surface area contributed by atoms with E-state index >= 15 is 0 Å². The van der Waals surface area contributed by atoms with Gasteiger partial charge in [-0.2, -0.15) is 0 Å². The molecule has 0 atom stereocenters. The predicted octanol–water partition coefficient (Wildman–Crippen LogP) is 3.31. The molecule has 0 aliphatic rings. The highest BCUT2D eigenvalue weighted by Gasteiger charge is 1.94. The lowest BCUT2D eigenvalue weighted by Crippen LogP contribution is -1.91. The van der Waals surface area contributed by atoms with Gasteiger partial charge in [0.05, 0.1) is 11.9 Å². The van der Waals surface area contributed by atoms with E-state index in [-0.39, 0.29) is 5.82 Å². The predicted molar refractivity (Wildman–Crippen MR) is 56.4 cm³/mol. The Morgan fingerprint density at radius 2 is 1.77 bits per heavy atom. The van der Waals surface area contributed by atoms with Crippen LogP contribution in [0.4, 0.5) is 10.1 Å². The highest BCUT2D eigenvalue weighted by molar-refractivity contribution is 5.41. The first-order chi connectivity index (χ1) is 6.34. The van der Waals surface area contributed by atoms with Crippen molar-refractivity contribution in [3.05, 3.63) is 24.3 Å². The van der Waals surface area contributed by atoms with Crippen molar-refractivity contribution in [2.45, 2.75) is 27.7 Å². The fraction of sp³-hybridized carbons (Fsp3) is 0.500. The molecule has 0 aromatic carbocycles. The third-order valence-corrected chi connectivity index (χ3v) is 1.04. The van der Waals surface area contributed by atoms with E-state index < -0.39 is 0 Å². The van der Waals surface area contributed by atoms with Gasteiger partial charge in [-0.3, -0.25) is 4.98 Å². The lowest BCUT2D eigenvalue weighted by molar-refractivity contribution is 0.625. The standard InChI is InChI=1S/C6H7FN2.2C2H6/c1-8-6-2-3-9-4-5(6)7;2*1-2/h2-4H,1H3,(H,8,9);2*1-2H3. The molecule has 0 saturated heterocycles. The van der Waals surface area contributed by atoms with Gasteiger partial charge in [0.25, 0.3) is 0 Å². The molecule has 2 nitrogen and oxygen atoms in total. The topological polar surface area (TPSA) is 24.9 Å². The molecule has 0 spiro atoms. The van der Waals surface area contributed by atoms with E-state index in [0.717, 1.165) is 0 Å². The van der Waals surface area contributed by atoms with Crippen LogP contribution in [-0.4, -0.2) is 12.0 Å². The second-order valence-corrected chi connectivity index (χ2v) is 1.61. The molecule has 1 aromatic rings. The van der Waals surface area contributed by atoms with E-state index in [9.17, 15) is 4.39 Å². The largest absolute Gasteiger partial charge is 0.386 e. The van der Waals surface area contributed by atoms with Gasteiger partial charge in [0.15, 0.2) is 5.82 Å². The van der Waals surface area contributed by atoms with Crippen LogP contribution in [0.3, 0.4) is 0 Å². The van der Waals surface area contributed by atoms with Crippen LogP contribution in [0.2, 0.25) is 0 Å². The molecule has 13 heavy (non-hydrogen) atoms. The van der Waals surface area contributed by atoms with E-state index in [0.29, 0.717) is 5.69 Å². The average molecular weight is 186 g/mol. The number of nitrogens with zero attached hydrogens (tertiary/aromatic N) is 1. The summed E-state index contributed by atoms with van der Waals surface area (Å²) in [5, 5.41) is 2.68. The van der Waals surface area contributed by atoms with E-state index in [1.807, 2.05) is 27.7 Å². The van der Waals surface area contributed by atoms with E-state index in [1.54, 1.807) is 13.1 Å². The van der Waals surface area contributed by atoms with Crippen LogP contribution in [0.5, 0.6) is 0 Å². The normalized spacial score (nSPS) is 7.23. The Kier molecular flexibility index (Phi) is 12.1. The summed E-state index contributed by atoms with van der Waals surface area (Å²) in [6.07, 6.45) is 2.71. The summed E-state index contributed by atoms with van der Waals surface area (Å²) in [7, 11) is 1.67. The highest BCUT2D eigenvalue weighted by Crippen LogP contribution is 2.08. The minimum absolute atomic E-state index is 0.319. The van der Waals surface area contributed by atoms with E-state index in [1.165, 1.54) is 12.4 Å². The first-order valence-corrected chi connectivity index (χ1v) is 4.62. The van der Waals surface area contributed by atoms with Crippen molar-refractivity contribution < 1.29 is 4.39 Å². The number of nitrogens with one attached hydrogen (secondary N) is 1. The number of anilines is 1. The summed E-state index contributed by atoms with van der Waals surface area (Å²) < 4.78 is 12.5. The summed E-state index contributed by atoms with van der Waals surface area (Å²) in [6.45, 7) is 8.00. The number of hydrogen-bond donors (Lipinski definition) is 1. The molecule has 0 radical (unpaired) electrons. The van der Waals surface area contributed by atoms with Crippen molar-refractivity contribution in [2.24, 2.45) is 0 Å². The quantitative estimate of drug-likeness (QED) is 0.727. The number of rotatable bonds is 1. The molecular formula is C10H19FN2. The number of pyridine rings is 1. The zero-order valence-electron chi connectivity index (χ0n) is 9.06. The van der Waals surface area contributed by atoms with E-state index in [4.69, 9.17) is 0 Å². The molecule has 0 amide bonds. The molecule has 0 saturated carbocycles. The Balaban J connectivity index is 0. The molecule has 1 rings (SSSR count). The van der Waals surface area contributed by atoms with Crippen molar-refractivity contribution in [3.63, 3.8) is 0 Å². The monoisotopic (exact) mass is 186 g/mol. The Morgan fingerprint density at radius 1 is 1.23 bits per heavy atom. The maximum atomic E-state index is 12.5. The third-order valence-electron chi connectivity index (χ3n) is 1.04. The van der Waals surface area contributed by atoms with Crippen LogP contribution in [0.15, 0.2) is 18.5 Å². The van der Waals surface area contributed by atoms with Crippen LogP contribution >= 0.6 is 0 Å². The van der Waals surface area contributed by atoms with Gasteiger partial charge < -0.3 is 5.32 Å². The zero-order chi connectivity index (χ0) is 10.7. The molecule has 0 aliphatic carbocycles. The summed E-state index contributed by atoms with van der Waals surface area (Å²) in [5.74, 6) is -0.319. The number of aromatic nitrogens is 1. The molecule has 1 aromatic heterocycles. The van der Waals surface area contributed by atoms with Gasteiger partial charge in [0.2, 0.25) is 0 Å². The number of hydrogen-bond acceptors (Lipinski definition) is 2. The third kappa shape index (κ3) is 6.08.